The van der Waals surface area contributed by atoms with Gasteiger partial charge in [0, 0.05) is 13.1 Å². The maximum atomic E-state index is 6.00. The van der Waals surface area contributed by atoms with Crippen molar-refractivity contribution in [2.24, 2.45) is 22.1 Å². The van der Waals surface area contributed by atoms with Crippen LogP contribution in [-0.2, 0) is 0 Å². The summed E-state index contributed by atoms with van der Waals surface area (Å²) in [6, 6.07) is 1.12. The van der Waals surface area contributed by atoms with Crippen LogP contribution in [-0.4, -0.2) is 30.0 Å². The van der Waals surface area contributed by atoms with Crippen LogP contribution in [0.4, 0.5) is 0 Å². The van der Waals surface area contributed by atoms with Crippen LogP contribution in [0.1, 0.15) is 40.0 Å². The monoisotopic (exact) mass is 209 g/mol. The highest BCUT2D eigenvalue weighted by Crippen LogP contribution is 2.53. The Kier molecular flexibility index (Phi) is 2.44. The molecule has 0 amide bonds. The highest BCUT2D eigenvalue weighted by atomic mass is 15.3. The van der Waals surface area contributed by atoms with Crippen molar-refractivity contribution < 1.29 is 0 Å². The molecule has 2 rings (SSSR count). The molecule has 3 nitrogen and oxygen atoms in total. The minimum atomic E-state index is 0.398. The van der Waals surface area contributed by atoms with Crippen molar-refractivity contribution in [1.29, 1.82) is 0 Å². The lowest BCUT2D eigenvalue weighted by molar-refractivity contribution is 0.381. The average Bonchev–Trinajstić information content (AvgIpc) is 3.02. The molecule has 0 radical (unpaired) electrons. The number of nitrogens with two attached hydrogens (primary N) is 1. The first-order chi connectivity index (χ1) is 6.95. The lowest BCUT2D eigenvalue weighted by Crippen LogP contribution is -2.36. The fraction of sp³-hybridized carbons (Fsp3) is 0.917. The Labute approximate surface area is 92.7 Å². The Morgan fingerprint density at radius 2 is 2.07 bits per heavy atom. The third-order valence-electron chi connectivity index (χ3n) is 4.30. The molecule has 2 aliphatic carbocycles. The SMILES string of the molecule is CC(C)C1(C)CC1N=C(N)N(C)C1CC1. The van der Waals surface area contributed by atoms with E-state index in [4.69, 9.17) is 5.73 Å². The van der Waals surface area contributed by atoms with E-state index in [1.54, 1.807) is 0 Å². The van der Waals surface area contributed by atoms with E-state index in [2.05, 4.69) is 37.7 Å². The standard InChI is InChI=1S/C12H23N3/c1-8(2)12(3)7-10(12)14-11(13)15(4)9-5-6-9/h8-10H,5-7H2,1-4H3,(H2,13,14). The van der Waals surface area contributed by atoms with Gasteiger partial charge >= 0.3 is 0 Å². The zero-order valence-corrected chi connectivity index (χ0v) is 10.3. The second-order valence-electron chi connectivity index (χ2n) is 5.71. The predicted molar refractivity (Wildman–Crippen MR) is 63.8 cm³/mol. The number of guanidine groups is 1. The predicted octanol–water partition coefficient (Wildman–Crippen LogP) is 1.83. The molecule has 0 bridgehead atoms. The van der Waals surface area contributed by atoms with Gasteiger partial charge in [0.25, 0.3) is 0 Å². The molecule has 2 saturated carbocycles. The highest BCUT2D eigenvalue weighted by molar-refractivity contribution is 5.79. The zero-order valence-electron chi connectivity index (χ0n) is 10.3. The smallest absolute Gasteiger partial charge is 0.191 e. The molecular weight excluding hydrogens is 186 g/mol. The van der Waals surface area contributed by atoms with Crippen molar-refractivity contribution in [2.45, 2.75) is 52.1 Å². The molecule has 15 heavy (non-hydrogen) atoms. The fourth-order valence-corrected chi connectivity index (χ4v) is 2.07. The lowest BCUT2D eigenvalue weighted by Gasteiger charge is -2.18. The van der Waals surface area contributed by atoms with E-state index in [-0.39, 0.29) is 0 Å². The largest absolute Gasteiger partial charge is 0.370 e. The molecule has 0 aliphatic heterocycles. The van der Waals surface area contributed by atoms with Crippen molar-refractivity contribution in [1.82, 2.24) is 4.90 Å². The summed E-state index contributed by atoms with van der Waals surface area (Å²) >= 11 is 0. The Balaban J connectivity index is 1.94. The maximum Gasteiger partial charge on any atom is 0.191 e. The summed E-state index contributed by atoms with van der Waals surface area (Å²) in [5.41, 5.74) is 6.39. The summed E-state index contributed by atoms with van der Waals surface area (Å²) in [6.07, 6.45) is 3.75. The van der Waals surface area contributed by atoms with Crippen LogP contribution in [0.15, 0.2) is 4.99 Å². The Morgan fingerprint density at radius 3 is 2.47 bits per heavy atom. The molecule has 2 N–H and O–H groups in total. The molecule has 2 fully saturated rings. The normalized spacial score (nSPS) is 35.8. The van der Waals surface area contributed by atoms with Crippen molar-refractivity contribution in [3.63, 3.8) is 0 Å². The Hall–Kier alpha value is -0.730. The molecule has 0 aromatic rings. The molecule has 86 valence electrons. The van der Waals surface area contributed by atoms with Crippen LogP contribution >= 0.6 is 0 Å². The second kappa shape index (κ2) is 3.39. The Bertz CT molecular complexity index is 281. The average molecular weight is 209 g/mol. The van der Waals surface area contributed by atoms with Gasteiger partial charge in [0.2, 0.25) is 0 Å². The number of aliphatic imine (C=N–C) groups is 1. The lowest BCUT2D eigenvalue weighted by atomic mass is 9.94. The van der Waals surface area contributed by atoms with Crippen molar-refractivity contribution in [2.75, 3.05) is 7.05 Å². The topological polar surface area (TPSA) is 41.6 Å². The summed E-state index contributed by atoms with van der Waals surface area (Å²) in [5, 5.41) is 0. The van der Waals surface area contributed by atoms with Gasteiger partial charge in [-0.05, 0) is 30.6 Å². The number of hydrogen-bond acceptors (Lipinski definition) is 1. The van der Waals surface area contributed by atoms with E-state index < -0.39 is 0 Å². The van der Waals surface area contributed by atoms with E-state index >= 15 is 0 Å². The first kappa shape index (κ1) is 10.8. The minimum Gasteiger partial charge on any atom is -0.370 e. The van der Waals surface area contributed by atoms with Crippen molar-refractivity contribution >= 4 is 5.96 Å². The summed E-state index contributed by atoms with van der Waals surface area (Å²) in [5.74, 6) is 1.44. The van der Waals surface area contributed by atoms with E-state index in [1.807, 2.05) is 0 Å². The number of nitrogens with zero attached hydrogens (tertiary/aromatic N) is 2. The third-order valence-corrected chi connectivity index (χ3v) is 4.30. The van der Waals surface area contributed by atoms with Gasteiger partial charge in [-0.25, -0.2) is 4.99 Å². The van der Waals surface area contributed by atoms with Crippen LogP contribution in [0.3, 0.4) is 0 Å². The molecular formula is C12H23N3. The first-order valence-corrected chi connectivity index (χ1v) is 6.01. The van der Waals surface area contributed by atoms with Gasteiger partial charge in [-0.3, -0.25) is 0 Å². The van der Waals surface area contributed by atoms with Crippen molar-refractivity contribution in [3.8, 4) is 0 Å². The molecule has 0 spiro atoms. The van der Waals surface area contributed by atoms with E-state index in [1.165, 1.54) is 19.3 Å². The maximum absolute atomic E-state index is 6.00. The number of hydrogen-bond donors (Lipinski definition) is 1. The third kappa shape index (κ3) is 1.97. The van der Waals surface area contributed by atoms with E-state index in [9.17, 15) is 0 Å². The second-order valence-corrected chi connectivity index (χ2v) is 5.71. The minimum absolute atomic E-state index is 0.398. The molecule has 0 heterocycles. The van der Waals surface area contributed by atoms with Crippen LogP contribution in [0.5, 0.6) is 0 Å². The molecule has 0 aromatic carbocycles. The van der Waals surface area contributed by atoms with E-state index in [0.29, 0.717) is 23.4 Å². The fourth-order valence-electron chi connectivity index (χ4n) is 2.07. The highest BCUT2D eigenvalue weighted by Gasteiger charge is 2.52. The van der Waals surface area contributed by atoms with E-state index in [0.717, 1.165) is 5.96 Å². The summed E-state index contributed by atoms with van der Waals surface area (Å²) in [6.45, 7) is 6.86. The van der Waals surface area contributed by atoms with Gasteiger partial charge in [0.1, 0.15) is 0 Å². The quantitative estimate of drug-likeness (QED) is 0.569. The zero-order chi connectivity index (χ0) is 11.2. The van der Waals surface area contributed by atoms with Crippen LogP contribution in [0.2, 0.25) is 0 Å². The van der Waals surface area contributed by atoms with Gasteiger partial charge in [0.05, 0.1) is 6.04 Å². The molecule has 2 unspecified atom stereocenters. The van der Waals surface area contributed by atoms with Gasteiger partial charge in [-0.2, -0.15) is 0 Å². The molecule has 2 atom stereocenters. The summed E-state index contributed by atoms with van der Waals surface area (Å²) in [4.78, 5) is 6.78. The van der Waals surface area contributed by atoms with Gasteiger partial charge in [-0.15, -0.1) is 0 Å². The summed E-state index contributed by atoms with van der Waals surface area (Å²) in [7, 11) is 2.06. The van der Waals surface area contributed by atoms with Crippen LogP contribution in [0, 0.1) is 11.3 Å². The van der Waals surface area contributed by atoms with Crippen LogP contribution in [0.25, 0.3) is 0 Å². The molecule has 2 aliphatic rings. The first-order valence-electron chi connectivity index (χ1n) is 6.01. The Morgan fingerprint density at radius 1 is 1.47 bits per heavy atom. The van der Waals surface area contributed by atoms with Crippen LogP contribution < -0.4 is 5.73 Å². The molecule has 0 saturated heterocycles. The summed E-state index contributed by atoms with van der Waals surface area (Å²) < 4.78 is 0. The van der Waals surface area contributed by atoms with Gasteiger partial charge in [-0.1, -0.05) is 20.8 Å². The molecule has 3 heteroatoms. The number of rotatable bonds is 3. The van der Waals surface area contributed by atoms with Gasteiger partial charge in [0.15, 0.2) is 5.96 Å². The van der Waals surface area contributed by atoms with Gasteiger partial charge < -0.3 is 10.6 Å². The van der Waals surface area contributed by atoms with Crippen molar-refractivity contribution in [3.05, 3.63) is 0 Å². The molecule has 0 aromatic heterocycles.